The van der Waals surface area contributed by atoms with Gasteiger partial charge in [-0.3, -0.25) is 0 Å². The van der Waals surface area contributed by atoms with Crippen LogP contribution in [0.2, 0.25) is 0 Å². The molecule has 0 amide bonds. The summed E-state index contributed by atoms with van der Waals surface area (Å²) in [4.78, 5) is 0. The topological polar surface area (TPSA) is 58.9 Å². The molecule has 0 aromatic heterocycles. The summed E-state index contributed by atoms with van der Waals surface area (Å²) in [6.07, 6.45) is 1.23. The molecule has 0 radical (unpaired) electrons. The standard InChI is InChI=1S/C11H16O4/c1-14-10-6-8(4-3-5-12)9(13)7-11(10)15-2/h6-7,12-13H,3-5H2,1-2H3. The van der Waals surface area contributed by atoms with E-state index in [4.69, 9.17) is 14.6 Å². The second-order valence-electron chi connectivity index (χ2n) is 3.16. The Morgan fingerprint density at radius 2 is 1.73 bits per heavy atom. The molecule has 0 spiro atoms. The lowest BCUT2D eigenvalue weighted by Gasteiger charge is -2.11. The Morgan fingerprint density at radius 3 is 2.27 bits per heavy atom. The SMILES string of the molecule is COc1cc(O)c(CCCO)cc1OC. The van der Waals surface area contributed by atoms with Crippen LogP contribution in [0.5, 0.6) is 17.2 Å². The molecule has 0 heterocycles. The maximum Gasteiger partial charge on any atom is 0.164 e. The largest absolute Gasteiger partial charge is 0.508 e. The zero-order chi connectivity index (χ0) is 11.3. The van der Waals surface area contributed by atoms with Crippen LogP contribution < -0.4 is 9.47 Å². The fourth-order valence-electron chi connectivity index (χ4n) is 1.38. The Labute approximate surface area is 89.1 Å². The number of phenolic OH excluding ortho intramolecular Hbond substituents is 1. The first kappa shape index (κ1) is 11.7. The van der Waals surface area contributed by atoms with Crippen molar-refractivity contribution in [3.8, 4) is 17.2 Å². The van der Waals surface area contributed by atoms with Gasteiger partial charge in [0.15, 0.2) is 11.5 Å². The van der Waals surface area contributed by atoms with Crippen molar-refractivity contribution < 1.29 is 19.7 Å². The molecule has 0 unspecified atom stereocenters. The number of methoxy groups -OCH3 is 2. The summed E-state index contributed by atoms with van der Waals surface area (Å²) >= 11 is 0. The van der Waals surface area contributed by atoms with Gasteiger partial charge in [0.25, 0.3) is 0 Å². The van der Waals surface area contributed by atoms with Gasteiger partial charge in [0.05, 0.1) is 14.2 Å². The van der Waals surface area contributed by atoms with Gasteiger partial charge in [-0.05, 0) is 24.5 Å². The molecule has 2 N–H and O–H groups in total. The fraction of sp³-hybridized carbons (Fsp3) is 0.455. The maximum absolute atomic E-state index is 9.65. The first-order chi connectivity index (χ1) is 7.22. The predicted octanol–water partition coefficient (Wildman–Crippen LogP) is 1.33. The molecule has 0 saturated carbocycles. The van der Waals surface area contributed by atoms with Crippen molar-refractivity contribution in [2.75, 3.05) is 20.8 Å². The highest BCUT2D eigenvalue weighted by atomic mass is 16.5. The van der Waals surface area contributed by atoms with E-state index in [1.807, 2.05) is 0 Å². The maximum atomic E-state index is 9.65. The summed E-state index contributed by atoms with van der Waals surface area (Å²) in [7, 11) is 3.06. The highest BCUT2D eigenvalue weighted by Gasteiger charge is 2.09. The van der Waals surface area contributed by atoms with Crippen LogP contribution in [0, 0.1) is 0 Å². The molecule has 1 rings (SSSR count). The van der Waals surface area contributed by atoms with E-state index in [1.54, 1.807) is 13.2 Å². The zero-order valence-corrected chi connectivity index (χ0v) is 8.99. The molecule has 15 heavy (non-hydrogen) atoms. The van der Waals surface area contributed by atoms with E-state index >= 15 is 0 Å². The molecule has 0 aliphatic carbocycles. The van der Waals surface area contributed by atoms with Crippen LogP contribution in [0.1, 0.15) is 12.0 Å². The lowest BCUT2D eigenvalue weighted by atomic mass is 10.1. The molecule has 0 bridgehead atoms. The van der Waals surface area contributed by atoms with E-state index in [0.717, 1.165) is 5.56 Å². The number of aliphatic hydroxyl groups is 1. The molecule has 0 fully saturated rings. The molecule has 4 heteroatoms. The van der Waals surface area contributed by atoms with Crippen LogP contribution in [0.4, 0.5) is 0 Å². The molecule has 84 valence electrons. The van der Waals surface area contributed by atoms with E-state index in [0.29, 0.717) is 24.3 Å². The van der Waals surface area contributed by atoms with Crippen LogP contribution in [0.3, 0.4) is 0 Å². The van der Waals surface area contributed by atoms with Gasteiger partial charge >= 0.3 is 0 Å². The van der Waals surface area contributed by atoms with Gasteiger partial charge < -0.3 is 19.7 Å². The van der Waals surface area contributed by atoms with Crippen molar-refractivity contribution in [3.05, 3.63) is 17.7 Å². The molecule has 0 saturated heterocycles. The first-order valence-corrected chi connectivity index (χ1v) is 4.77. The van der Waals surface area contributed by atoms with Crippen LogP contribution in [-0.2, 0) is 6.42 Å². The number of ether oxygens (including phenoxy) is 2. The minimum Gasteiger partial charge on any atom is -0.508 e. The lowest BCUT2D eigenvalue weighted by Crippen LogP contribution is -1.95. The monoisotopic (exact) mass is 212 g/mol. The highest BCUT2D eigenvalue weighted by molar-refractivity contribution is 5.50. The Balaban J connectivity index is 2.97. The molecule has 1 aromatic carbocycles. The molecular weight excluding hydrogens is 196 g/mol. The van der Waals surface area contributed by atoms with E-state index < -0.39 is 0 Å². The Kier molecular flexibility index (Phi) is 4.24. The third-order valence-corrected chi connectivity index (χ3v) is 2.19. The summed E-state index contributed by atoms with van der Waals surface area (Å²) in [6.45, 7) is 0.105. The van der Waals surface area contributed by atoms with Gasteiger partial charge in [-0.1, -0.05) is 0 Å². The van der Waals surface area contributed by atoms with Crippen molar-refractivity contribution >= 4 is 0 Å². The fourth-order valence-corrected chi connectivity index (χ4v) is 1.38. The number of phenols is 1. The predicted molar refractivity (Wildman–Crippen MR) is 56.6 cm³/mol. The normalized spacial score (nSPS) is 10.1. The van der Waals surface area contributed by atoms with Crippen LogP contribution >= 0.6 is 0 Å². The van der Waals surface area contributed by atoms with E-state index in [1.165, 1.54) is 13.2 Å². The summed E-state index contributed by atoms with van der Waals surface area (Å²) in [5.74, 6) is 1.26. The number of aromatic hydroxyl groups is 1. The minimum atomic E-state index is 0.105. The number of rotatable bonds is 5. The van der Waals surface area contributed by atoms with Crippen molar-refractivity contribution in [1.82, 2.24) is 0 Å². The molecular formula is C11H16O4. The van der Waals surface area contributed by atoms with Crippen LogP contribution in [-0.4, -0.2) is 31.0 Å². The van der Waals surface area contributed by atoms with Crippen molar-refractivity contribution in [2.45, 2.75) is 12.8 Å². The van der Waals surface area contributed by atoms with Crippen LogP contribution in [0.25, 0.3) is 0 Å². The first-order valence-electron chi connectivity index (χ1n) is 4.77. The molecule has 1 aromatic rings. The van der Waals surface area contributed by atoms with E-state index in [2.05, 4.69) is 0 Å². The molecule has 4 nitrogen and oxygen atoms in total. The quantitative estimate of drug-likeness (QED) is 0.773. The number of aliphatic hydroxyl groups excluding tert-OH is 1. The average molecular weight is 212 g/mol. The third-order valence-electron chi connectivity index (χ3n) is 2.19. The van der Waals surface area contributed by atoms with Gasteiger partial charge in [-0.2, -0.15) is 0 Å². The molecule has 0 atom stereocenters. The van der Waals surface area contributed by atoms with Gasteiger partial charge in [0, 0.05) is 12.7 Å². The summed E-state index contributed by atoms with van der Waals surface area (Å²) in [5.41, 5.74) is 0.752. The van der Waals surface area contributed by atoms with Gasteiger partial charge in [0.1, 0.15) is 5.75 Å². The Hall–Kier alpha value is -1.42. The van der Waals surface area contributed by atoms with Crippen molar-refractivity contribution in [2.24, 2.45) is 0 Å². The average Bonchev–Trinajstić information content (AvgIpc) is 2.27. The highest BCUT2D eigenvalue weighted by Crippen LogP contribution is 2.34. The second-order valence-corrected chi connectivity index (χ2v) is 3.16. The number of benzene rings is 1. The van der Waals surface area contributed by atoms with Gasteiger partial charge in [-0.25, -0.2) is 0 Å². The van der Waals surface area contributed by atoms with Crippen molar-refractivity contribution in [3.63, 3.8) is 0 Å². The third kappa shape index (κ3) is 2.76. The summed E-state index contributed by atoms with van der Waals surface area (Å²) < 4.78 is 10.2. The second kappa shape index (κ2) is 5.46. The minimum absolute atomic E-state index is 0.105. The van der Waals surface area contributed by atoms with E-state index in [-0.39, 0.29) is 12.4 Å². The van der Waals surface area contributed by atoms with Gasteiger partial charge in [0.2, 0.25) is 0 Å². The summed E-state index contributed by atoms with van der Waals surface area (Å²) in [6, 6.07) is 3.25. The Bertz CT molecular complexity index is 323. The van der Waals surface area contributed by atoms with Crippen molar-refractivity contribution in [1.29, 1.82) is 0 Å². The lowest BCUT2D eigenvalue weighted by molar-refractivity contribution is 0.287. The van der Waals surface area contributed by atoms with Crippen LogP contribution in [0.15, 0.2) is 12.1 Å². The Morgan fingerprint density at radius 1 is 1.13 bits per heavy atom. The van der Waals surface area contributed by atoms with Gasteiger partial charge in [-0.15, -0.1) is 0 Å². The molecule has 0 aliphatic heterocycles. The number of hydrogen-bond acceptors (Lipinski definition) is 4. The summed E-state index contributed by atoms with van der Waals surface area (Å²) in [5, 5.41) is 18.4. The number of hydrogen-bond donors (Lipinski definition) is 2. The number of aryl methyl sites for hydroxylation is 1. The van der Waals surface area contributed by atoms with E-state index in [9.17, 15) is 5.11 Å². The smallest absolute Gasteiger partial charge is 0.164 e. The zero-order valence-electron chi connectivity index (χ0n) is 8.99. The molecule has 0 aliphatic rings.